The average Bonchev–Trinajstić information content (AvgIpc) is 3.23. The van der Waals surface area contributed by atoms with E-state index in [1.165, 1.54) is 10.8 Å². The van der Waals surface area contributed by atoms with Gasteiger partial charge in [0.15, 0.2) is 0 Å². The van der Waals surface area contributed by atoms with Gasteiger partial charge in [-0.3, -0.25) is 0 Å². The van der Waals surface area contributed by atoms with Crippen LogP contribution in [-0.4, -0.2) is 33.8 Å². The highest BCUT2D eigenvalue weighted by molar-refractivity contribution is 8.76. The molecular formula is C16H21NO3S4. The van der Waals surface area contributed by atoms with Crippen LogP contribution in [0.2, 0.25) is 0 Å². The van der Waals surface area contributed by atoms with Gasteiger partial charge in [0.05, 0.1) is 10.5 Å². The highest BCUT2D eigenvalue weighted by atomic mass is 33.1. The van der Waals surface area contributed by atoms with Gasteiger partial charge in [-0.2, -0.15) is 0 Å². The van der Waals surface area contributed by atoms with Crippen LogP contribution in [-0.2, 0) is 9.47 Å². The summed E-state index contributed by atoms with van der Waals surface area (Å²) in [5.74, 6) is 0. The number of hydrogen-bond donors (Lipinski definition) is 1. The van der Waals surface area contributed by atoms with E-state index in [1.54, 1.807) is 27.8 Å². The van der Waals surface area contributed by atoms with Crippen LogP contribution in [0.1, 0.15) is 38.5 Å². The largest absolute Gasteiger partial charge is 0.508 e. The van der Waals surface area contributed by atoms with Crippen LogP contribution in [0, 0.1) is 0 Å². The summed E-state index contributed by atoms with van der Waals surface area (Å²) in [6, 6.07) is 5.88. The first kappa shape index (κ1) is 18.6. The molecule has 2 saturated carbocycles. The number of rotatable bonds is 6. The second-order valence-electron chi connectivity index (χ2n) is 5.95. The first-order chi connectivity index (χ1) is 11.8. The number of carbonyl (C=O) groups excluding carboxylic acids is 1. The molecule has 0 unspecified atom stereocenters. The topological polar surface area (TPSA) is 48.4 Å². The number of carbonyl (C=O) groups is 1. The quantitative estimate of drug-likeness (QED) is 0.388. The molecule has 3 rings (SSSR count). The Morgan fingerprint density at radius 3 is 2.46 bits per heavy atom. The van der Waals surface area contributed by atoms with Crippen molar-refractivity contribution >= 4 is 50.2 Å². The molecule has 24 heavy (non-hydrogen) atoms. The molecule has 0 N–H and O–H groups in total. The Morgan fingerprint density at radius 2 is 1.79 bits per heavy atom. The third-order valence-corrected chi connectivity index (χ3v) is 8.77. The molecular weight excluding hydrogens is 382 g/mol. The van der Waals surface area contributed by atoms with E-state index in [9.17, 15) is 4.79 Å². The van der Waals surface area contributed by atoms with Crippen molar-refractivity contribution in [1.29, 1.82) is 0 Å². The van der Waals surface area contributed by atoms with Crippen molar-refractivity contribution in [3.05, 3.63) is 24.4 Å². The number of thiol groups is 1. The van der Waals surface area contributed by atoms with Gasteiger partial charge in [0.25, 0.3) is 0 Å². The van der Waals surface area contributed by atoms with E-state index in [2.05, 4.69) is 16.6 Å². The van der Waals surface area contributed by atoms with Gasteiger partial charge in [0.2, 0.25) is 0 Å². The van der Waals surface area contributed by atoms with Crippen LogP contribution in [0.3, 0.4) is 0 Å². The predicted molar refractivity (Wildman–Crippen MR) is 105 cm³/mol. The van der Waals surface area contributed by atoms with Crippen LogP contribution in [0.25, 0.3) is 0 Å². The number of ether oxygens (including phenoxy) is 2. The maximum Gasteiger partial charge on any atom is 0.508 e. The monoisotopic (exact) mass is 403 g/mol. The molecule has 2 aliphatic carbocycles. The lowest BCUT2D eigenvalue weighted by atomic mass is 10.3. The molecule has 0 saturated heterocycles. The van der Waals surface area contributed by atoms with Crippen molar-refractivity contribution in [2.75, 3.05) is 0 Å². The molecule has 0 aliphatic heterocycles. The summed E-state index contributed by atoms with van der Waals surface area (Å²) in [7, 11) is 4.86. The van der Waals surface area contributed by atoms with Crippen molar-refractivity contribution in [3.63, 3.8) is 0 Å². The normalized spacial score (nSPS) is 29.5. The van der Waals surface area contributed by atoms with Crippen LogP contribution < -0.4 is 0 Å². The second-order valence-corrected chi connectivity index (χ2v) is 9.86. The molecule has 2 aliphatic rings. The molecule has 0 aromatic carbocycles. The van der Waals surface area contributed by atoms with Crippen molar-refractivity contribution < 1.29 is 14.3 Å². The lowest BCUT2D eigenvalue weighted by molar-refractivity contribution is 0.00464. The molecule has 1 heterocycles. The van der Waals surface area contributed by atoms with E-state index in [4.69, 9.17) is 9.47 Å². The Morgan fingerprint density at radius 1 is 1.08 bits per heavy atom. The smallest absolute Gasteiger partial charge is 0.430 e. The molecule has 1 aromatic heterocycles. The van der Waals surface area contributed by atoms with Crippen molar-refractivity contribution in [1.82, 2.24) is 4.98 Å². The van der Waals surface area contributed by atoms with Crippen LogP contribution in [0.5, 0.6) is 0 Å². The molecule has 4 nitrogen and oxygen atoms in total. The maximum absolute atomic E-state index is 12.1. The van der Waals surface area contributed by atoms with Gasteiger partial charge in [0.1, 0.15) is 17.2 Å². The molecule has 2 fully saturated rings. The summed E-state index contributed by atoms with van der Waals surface area (Å²) >= 11 is 4.26. The number of nitrogens with zero attached hydrogens (tertiary/aromatic N) is 1. The SMILES string of the molecule is O=C(O[C@H]1CCC[C@@H]1SS)O[C@H]1CCC[C@@H]1SSc1ccccn1. The second kappa shape index (κ2) is 9.50. The summed E-state index contributed by atoms with van der Waals surface area (Å²) in [5, 5.41) is 1.56. The van der Waals surface area contributed by atoms with E-state index < -0.39 is 6.16 Å². The fourth-order valence-corrected chi connectivity index (χ4v) is 7.05. The Bertz CT molecular complexity index is 533. The van der Waals surface area contributed by atoms with Gasteiger partial charge < -0.3 is 9.47 Å². The van der Waals surface area contributed by atoms with Crippen molar-refractivity contribution in [2.45, 2.75) is 66.3 Å². The minimum absolute atomic E-state index is 0.0598. The van der Waals surface area contributed by atoms with Crippen LogP contribution >= 0.6 is 44.0 Å². The standard InChI is InChI=1S/C16H21NO3S4/c18-16(19-11-5-3-7-13(11)22-21)20-12-6-4-8-14(12)23-24-15-9-1-2-10-17-15/h1-2,9-14,21H,3-8H2/t11-,12-,13-,14-/m0/s1. The summed E-state index contributed by atoms with van der Waals surface area (Å²) < 4.78 is 11.1. The van der Waals surface area contributed by atoms with Gasteiger partial charge in [-0.15, -0.1) is 11.7 Å². The minimum Gasteiger partial charge on any atom is -0.430 e. The van der Waals surface area contributed by atoms with Crippen LogP contribution in [0.4, 0.5) is 4.79 Å². The highest BCUT2D eigenvalue weighted by Crippen LogP contribution is 2.42. The lowest BCUT2D eigenvalue weighted by Crippen LogP contribution is -2.29. The number of pyridine rings is 1. The van der Waals surface area contributed by atoms with Crippen LogP contribution in [0.15, 0.2) is 29.4 Å². The Labute approximate surface area is 159 Å². The summed E-state index contributed by atoms with van der Waals surface area (Å²) in [4.78, 5) is 16.4. The van der Waals surface area contributed by atoms with E-state index >= 15 is 0 Å². The summed E-state index contributed by atoms with van der Waals surface area (Å²) in [5.41, 5.74) is 0. The van der Waals surface area contributed by atoms with E-state index in [0.29, 0.717) is 5.25 Å². The third-order valence-electron chi connectivity index (χ3n) is 4.31. The van der Waals surface area contributed by atoms with E-state index in [1.807, 2.05) is 18.2 Å². The third kappa shape index (κ3) is 5.16. The zero-order valence-corrected chi connectivity index (χ0v) is 16.5. The molecule has 0 spiro atoms. The summed E-state index contributed by atoms with van der Waals surface area (Å²) in [6.45, 7) is 0. The zero-order valence-electron chi connectivity index (χ0n) is 13.2. The van der Waals surface area contributed by atoms with Gasteiger partial charge in [0, 0.05) is 6.20 Å². The molecule has 132 valence electrons. The van der Waals surface area contributed by atoms with Gasteiger partial charge in [-0.25, -0.2) is 9.78 Å². The lowest BCUT2D eigenvalue weighted by Gasteiger charge is -2.22. The Kier molecular flexibility index (Phi) is 7.36. The summed E-state index contributed by atoms with van der Waals surface area (Å²) in [6.07, 6.45) is 7.23. The minimum atomic E-state index is -0.519. The van der Waals surface area contributed by atoms with Gasteiger partial charge in [-0.1, -0.05) is 27.7 Å². The molecule has 4 atom stereocenters. The first-order valence-corrected chi connectivity index (χ1v) is 12.3. The van der Waals surface area contributed by atoms with Crippen molar-refractivity contribution in [3.8, 4) is 0 Å². The molecule has 8 heteroatoms. The zero-order chi connectivity index (χ0) is 16.8. The fourth-order valence-electron chi connectivity index (χ4n) is 3.07. The number of hydrogen-bond acceptors (Lipinski definition) is 8. The molecule has 1 aromatic rings. The number of aromatic nitrogens is 1. The Hall–Kier alpha value is -0.180. The van der Waals surface area contributed by atoms with E-state index in [-0.39, 0.29) is 17.5 Å². The first-order valence-electron chi connectivity index (χ1n) is 8.18. The highest BCUT2D eigenvalue weighted by Gasteiger charge is 2.35. The maximum atomic E-state index is 12.1. The van der Waals surface area contributed by atoms with Crippen molar-refractivity contribution in [2.24, 2.45) is 0 Å². The average molecular weight is 404 g/mol. The van der Waals surface area contributed by atoms with Gasteiger partial charge >= 0.3 is 6.16 Å². The van der Waals surface area contributed by atoms with Gasteiger partial charge in [-0.05, 0) is 61.5 Å². The fraction of sp³-hybridized carbons (Fsp3) is 0.625. The molecule has 0 amide bonds. The van der Waals surface area contributed by atoms with E-state index in [0.717, 1.165) is 43.6 Å². The molecule has 0 radical (unpaired) electrons. The Balaban J connectivity index is 1.45. The predicted octanol–water partition coefficient (Wildman–Crippen LogP) is 5.40. The molecule has 0 bridgehead atoms.